The van der Waals surface area contributed by atoms with Crippen LogP contribution in [-0.2, 0) is 6.42 Å². The normalized spacial score (nSPS) is 10.2. The second-order valence-electron chi connectivity index (χ2n) is 3.41. The van der Waals surface area contributed by atoms with Crippen molar-refractivity contribution in [3.63, 3.8) is 0 Å². The molecule has 0 saturated heterocycles. The minimum atomic E-state index is 0.612. The van der Waals surface area contributed by atoms with Crippen LogP contribution in [0.4, 0.5) is 5.95 Å². The highest BCUT2D eigenvalue weighted by Gasteiger charge is 1.99. The maximum atomic E-state index is 5.31. The SMILES string of the molecule is CCOc1ccnc(NCCc2cccs2)n1. The summed E-state index contributed by atoms with van der Waals surface area (Å²) in [6.45, 7) is 3.38. The molecule has 0 atom stereocenters. The van der Waals surface area contributed by atoms with Gasteiger partial charge in [-0.2, -0.15) is 4.98 Å². The molecule has 0 radical (unpaired) electrons. The molecule has 2 aromatic heterocycles. The summed E-state index contributed by atoms with van der Waals surface area (Å²) in [4.78, 5) is 9.74. The topological polar surface area (TPSA) is 47.0 Å². The number of ether oxygens (including phenoxy) is 1. The Kier molecular flexibility index (Phi) is 4.32. The molecule has 2 aromatic rings. The monoisotopic (exact) mass is 249 g/mol. The first-order valence-electron chi connectivity index (χ1n) is 5.60. The van der Waals surface area contributed by atoms with Crippen LogP contribution in [-0.4, -0.2) is 23.1 Å². The maximum Gasteiger partial charge on any atom is 0.225 e. The van der Waals surface area contributed by atoms with E-state index in [9.17, 15) is 0 Å². The molecule has 0 unspecified atom stereocenters. The number of aromatic nitrogens is 2. The van der Waals surface area contributed by atoms with E-state index in [-0.39, 0.29) is 0 Å². The summed E-state index contributed by atoms with van der Waals surface area (Å²) in [5, 5.41) is 5.27. The molecular weight excluding hydrogens is 234 g/mol. The first kappa shape index (κ1) is 11.9. The fraction of sp³-hybridized carbons (Fsp3) is 0.333. The Bertz CT molecular complexity index is 445. The van der Waals surface area contributed by atoms with E-state index < -0.39 is 0 Å². The highest BCUT2D eigenvalue weighted by atomic mass is 32.1. The molecule has 0 aromatic carbocycles. The van der Waals surface area contributed by atoms with Gasteiger partial charge < -0.3 is 10.1 Å². The molecular formula is C12H15N3OS. The summed E-state index contributed by atoms with van der Waals surface area (Å²) in [5.74, 6) is 1.23. The number of rotatable bonds is 6. The molecule has 17 heavy (non-hydrogen) atoms. The fourth-order valence-corrected chi connectivity index (χ4v) is 2.12. The van der Waals surface area contributed by atoms with Crippen molar-refractivity contribution in [1.82, 2.24) is 9.97 Å². The fourth-order valence-electron chi connectivity index (χ4n) is 1.41. The van der Waals surface area contributed by atoms with Crippen LogP contribution in [0.25, 0.3) is 0 Å². The Morgan fingerprint density at radius 2 is 2.35 bits per heavy atom. The molecule has 0 spiro atoms. The van der Waals surface area contributed by atoms with Crippen LogP contribution in [0.1, 0.15) is 11.8 Å². The Morgan fingerprint density at radius 1 is 1.41 bits per heavy atom. The highest BCUT2D eigenvalue weighted by molar-refractivity contribution is 7.09. The zero-order valence-corrected chi connectivity index (χ0v) is 10.5. The van der Waals surface area contributed by atoms with E-state index in [1.165, 1.54) is 4.88 Å². The largest absolute Gasteiger partial charge is 0.478 e. The lowest BCUT2D eigenvalue weighted by Crippen LogP contribution is -2.07. The number of nitrogens with one attached hydrogen (secondary N) is 1. The molecule has 4 nitrogen and oxygen atoms in total. The summed E-state index contributed by atoms with van der Waals surface area (Å²) < 4.78 is 5.31. The molecule has 0 amide bonds. The zero-order valence-electron chi connectivity index (χ0n) is 9.72. The van der Waals surface area contributed by atoms with Crippen LogP contribution in [0, 0.1) is 0 Å². The van der Waals surface area contributed by atoms with Crippen LogP contribution < -0.4 is 10.1 Å². The number of hydrogen-bond donors (Lipinski definition) is 1. The van der Waals surface area contributed by atoms with Crippen molar-refractivity contribution in [2.75, 3.05) is 18.5 Å². The van der Waals surface area contributed by atoms with Gasteiger partial charge in [-0.3, -0.25) is 0 Å². The van der Waals surface area contributed by atoms with Crippen LogP contribution in [0.15, 0.2) is 29.8 Å². The number of hydrogen-bond acceptors (Lipinski definition) is 5. The van der Waals surface area contributed by atoms with E-state index in [4.69, 9.17) is 4.74 Å². The summed E-state index contributed by atoms with van der Waals surface area (Å²) in [5.41, 5.74) is 0. The van der Waals surface area contributed by atoms with Crippen molar-refractivity contribution in [3.8, 4) is 5.88 Å². The van der Waals surface area contributed by atoms with Crippen molar-refractivity contribution in [2.45, 2.75) is 13.3 Å². The third kappa shape index (κ3) is 3.71. The van der Waals surface area contributed by atoms with Gasteiger partial charge in [0.05, 0.1) is 6.61 Å². The number of thiophene rings is 1. The van der Waals surface area contributed by atoms with Gasteiger partial charge in [-0.05, 0) is 24.8 Å². The molecule has 0 aliphatic rings. The average Bonchev–Trinajstić information content (AvgIpc) is 2.83. The van der Waals surface area contributed by atoms with Gasteiger partial charge in [0.15, 0.2) is 0 Å². The molecule has 2 rings (SSSR count). The minimum absolute atomic E-state index is 0.612. The van der Waals surface area contributed by atoms with Crippen molar-refractivity contribution in [2.24, 2.45) is 0 Å². The van der Waals surface area contributed by atoms with E-state index in [2.05, 4.69) is 32.8 Å². The van der Waals surface area contributed by atoms with Gasteiger partial charge in [-0.25, -0.2) is 4.98 Å². The van der Waals surface area contributed by atoms with E-state index in [0.29, 0.717) is 18.4 Å². The molecule has 0 aliphatic carbocycles. The molecule has 90 valence electrons. The third-order valence-electron chi connectivity index (χ3n) is 2.16. The molecule has 0 saturated carbocycles. The summed E-state index contributed by atoms with van der Waals surface area (Å²) in [6.07, 6.45) is 2.69. The zero-order chi connectivity index (χ0) is 11.9. The van der Waals surface area contributed by atoms with Gasteiger partial charge in [0.2, 0.25) is 11.8 Å². The van der Waals surface area contributed by atoms with Gasteiger partial charge in [0.1, 0.15) is 0 Å². The third-order valence-corrected chi connectivity index (χ3v) is 3.09. The summed E-state index contributed by atoms with van der Waals surface area (Å²) in [7, 11) is 0. The quantitative estimate of drug-likeness (QED) is 0.854. The van der Waals surface area contributed by atoms with Gasteiger partial charge in [-0.1, -0.05) is 6.07 Å². The van der Waals surface area contributed by atoms with Crippen LogP contribution >= 0.6 is 11.3 Å². The first-order chi connectivity index (χ1) is 8.38. The first-order valence-corrected chi connectivity index (χ1v) is 6.48. The molecule has 0 bridgehead atoms. The number of anilines is 1. The Balaban J connectivity index is 1.84. The van der Waals surface area contributed by atoms with E-state index in [0.717, 1.165) is 13.0 Å². The van der Waals surface area contributed by atoms with Gasteiger partial charge in [0.25, 0.3) is 0 Å². The lowest BCUT2D eigenvalue weighted by molar-refractivity contribution is 0.326. The van der Waals surface area contributed by atoms with Gasteiger partial charge in [-0.15, -0.1) is 11.3 Å². The van der Waals surface area contributed by atoms with Crippen molar-refractivity contribution in [1.29, 1.82) is 0 Å². The Labute approximate surface area is 105 Å². The van der Waals surface area contributed by atoms with Crippen molar-refractivity contribution in [3.05, 3.63) is 34.7 Å². The lowest BCUT2D eigenvalue weighted by Gasteiger charge is -2.05. The summed E-state index contributed by atoms with van der Waals surface area (Å²) in [6, 6.07) is 5.95. The highest BCUT2D eigenvalue weighted by Crippen LogP contribution is 2.10. The second-order valence-corrected chi connectivity index (χ2v) is 4.44. The lowest BCUT2D eigenvalue weighted by atomic mass is 10.3. The van der Waals surface area contributed by atoms with Gasteiger partial charge in [0, 0.05) is 23.7 Å². The standard InChI is InChI=1S/C12H15N3OS/c1-2-16-11-6-8-14-12(15-11)13-7-5-10-4-3-9-17-10/h3-4,6,8-9H,2,5,7H2,1H3,(H,13,14,15). The maximum absolute atomic E-state index is 5.31. The molecule has 0 aliphatic heterocycles. The molecule has 0 fully saturated rings. The van der Waals surface area contributed by atoms with Crippen LogP contribution in [0.3, 0.4) is 0 Å². The molecule has 5 heteroatoms. The smallest absolute Gasteiger partial charge is 0.225 e. The summed E-state index contributed by atoms with van der Waals surface area (Å²) >= 11 is 1.76. The van der Waals surface area contributed by atoms with Crippen molar-refractivity contribution < 1.29 is 4.74 Å². The minimum Gasteiger partial charge on any atom is -0.478 e. The van der Waals surface area contributed by atoms with Crippen LogP contribution in [0.2, 0.25) is 0 Å². The van der Waals surface area contributed by atoms with Crippen molar-refractivity contribution >= 4 is 17.3 Å². The second kappa shape index (κ2) is 6.20. The molecule has 1 N–H and O–H groups in total. The predicted octanol–water partition coefficient (Wildman–Crippen LogP) is 2.59. The average molecular weight is 249 g/mol. The van der Waals surface area contributed by atoms with Crippen LogP contribution in [0.5, 0.6) is 5.88 Å². The predicted molar refractivity (Wildman–Crippen MR) is 69.7 cm³/mol. The number of nitrogens with zero attached hydrogens (tertiary/aromatic N) is 2. The van der Waals surface area contributed by atoms with E-state index >= 15 is 0 Å². The van der Waals surface area contributed by atoms with E-state index in [1.807, 2.05) is 6.92 Å². The van der Waals surface area contributed by atoms with Gasteiger partial charge >= 0.3 is 0 Å². The molecule has 2 heterocycles. The Morgan fingerprint density at radius 3 is 3.12 bits per heavy atom. The Hall–Kier alpha value is -1.62. The van der Waals surface area contributed by atoms with E-state index in [1.54, 1.807) is 23.6 Å².